The third kappa shape index (κ3) is 5.50. The highest BCUT2D eigenvalue weighted by Gasteiger charge is 2.31. The number of nitrogens with zero attached hydrogens (tertiary/aromatic N) is 1. The highest BCUT2D eigenvalue weighted by molar-refractivity contribution is 6.33. The number of amides is 2. The van der Waals surface area contributed by atoms with Crippen molar-refractivity contribution in [1.82, 2.24) is 5.32 Å². The predicted molar refractivity (Wildman–Crippen MR) is 115 cm³/mol. The van der Waals surface area contributed by atoms with Gasteiger partial charge in [0.1, 0.15) is 0 Å². The summed E-state index contributed by atoms with van der Waals surface area (Å²) in [6.07, 6.45) is -3.09. The molecule has 0 unspecified atom stereocenters. The fourth-order valence-electron chi connectivity index (χ4n) is 3.58. The molecule has 1 aliphatic rings. The number of fused-ring (bicyclic) bond motifs is 1. The summed E-state index contributed by atoms with van der Waals surface area (Å²) in [5, 5.41) is 5.37. The maximum Gasteiger partial charge on any atom is 0.416 e. The summed E-state index contributed by atoms with van der Waals surface area (Å²) in [7, 11) is 0. The van der Waals surface area contributed by atoms with Crippen LogP contribution < -0.4 is 15.5 Å². The summed E-state index contributed by atoms with van der Waals surface area (Å²) in [4.78, 5) is 26.9. The lowest BCUT2D eigenvalue weighted by molar-refractivity contribution is -0.137. The van der Waals surface area contributed by atoms with Crippen molar-refractivity contribution in [3.8, 4) is 0 Å². The molecular weight excluding hydrogens is 431 g/mol. The Morgan fingerprint density at radius 2 is 1.94 bits per heavy atom. The van der Waals surface area contributed by atoms with E-state index in [4.69, 9.17) is 11.6 Å². The van der Waals surface area contributed by atoms with Crippen molar-refractivity contribution in [3.63, 3.8) is 0 Å². The Balaban J connectivity index is 1.78. The Kier molecular flexibility index (Phi) is 6.79. The predicted octanol–water partition coefficient (Wildman–Crippen LogP) is 4.89. The number of benzene rings is 2. The largest absolute Gasteiger partial charge is 0.416 e. The van der Waals surface area contributed by atoms with Crippen LogP contribution in [-0.4, -0.2) is 30.9 Å². The zero-order valence-corrected chi connectivity index (χ0v) is 17.9. The number of rotatable bonds is 5. The lowest BCUT2D eigenvalue weighted by Gasteiger charge is -2.32. The number of nitrogens with one attached hydrogen (secondary N) is 2. The van der Waals surface area contributed by atoms with Gasteiger partial charge in [-0.05, 0) is 62.6 Å². The Bertz CT molecular complexity index is 992. The highest BCUT2D eigenvalue weighted by Crippen LogP contribution is 2.34. The quantitative estimate of drug-likeness (QED) is 0.677. The molecule has 5 nitrogen and oxygen atoms in total. The van der Waals surface area contributed by atoms with Crippen LogP contribution in [0.4, 0.5) is 24.5 Å². The Hall–Kier alpha value is -2.74. The molecule has 0 saturated heterocycles. The topological polar surface area (TPSA) is 61.4 Å². The molecule has 9 heteroatoms. The van der Waals surface area contributed by atoms with Crippen molar-refractivity contribution in [2.45, 2.75) is 38.9 Å². The molecule has 0 aromatic heterocycles. The Morgan fingerprint density at radius 3 is 2.61 bits per heavy atom. The molecule has 3 rings (SSSR count). The van der Waals surface area contributed by atoms with E-state index in [9.17, 15) is 22.8 Å². The number of carbonyl (C=O) groups excluding carboxylic acids is 2. The first-order chi connectivity index (χ1) is 14.6. The van der Waals surface area contributed by atoms with Crippen molar-refractivity contribution < 1.29 is 22.8 Å². The fourth-order valence-corrected chi connectivity index (χ4v) is 3.74. The van der Waals surface area contributed by atoms with Gasteiger partial charge >= 0.3 is 6.18 Å². The first-order valence-corrected chi connectivity index (χ1v) is 10.3. The van der Waals surface area contributed by atoms with Crippen molar-refractivity contribution >= 4 is 34.8 Å². The van der Waals surface area contributed by atoms with Crippen molar-refractivity contribution in [3.05, 3.63) is 58.1 Å². The van der Waals surface area contributed by atoms with Crippen LogP contribution in [-0.2, 0) is 17.4 Å². The summed E-state index contributed by atoms with van der Waals surface area (Å²) >= 11 is 5.97. The van der Waals surface area contributed by atoms with Crippen LogP contribution in [0.2, 0.25) is 5.02 Å². The highest BCUT2D eigenvalue weighted by atomic mass is 35.5. The normalized spacial score (nSPS) is 13.7. The van der Waals surface area contributed by atoms with Gasteiger partial charge in [0.25, 0.3) is 5.91 Å². The molecule has 2 aromatic carbocycles. The SMILES string of the molecule is CC(C)NC(=O)c1cccc2c1CCCN2CC(=O)Nc1cc(C(F)(F)F)ccc1Cl. The van der Waals surface area contributed by atoms with E-state index in [1.54, 1.807) is 12.1 Å². The molecule has 0 radical (unpaired) electrons. The minimum atomic E-state index is -4.54. The molecule has 1 heterocycles. The van der Waals surface area contributed by atoms with E-state index >= 15 is 0 Å². The maximum absolute atomic E-state index is 13.0. The summed E-state index contributed by atoms with van der Waals surface area (Å²) in [5.41, 5.74) is 1.21. The van der Waals surface area contributed by atoms with Crippen LogP contribution in [0.3, 0.4) is 0 Å². The summed E-state index contributed by atoms with van der Waals surface area (Å²) in [6.45, 7) is 4.27. The van der Waals surface area contributed by atoms with Crippen LogP contribution in [0.5, 0.6) is 0 Å². The molecule has 0 spiro atoms. The molecule has 2 N–H and O–H groups in total. The first-order valence-electron chi connectivity index (χ1n) is 9.90. The molecular formula is C22H23ClF3N3O2. The second-order valence-electron chi connectivity index (χ2n) is 7.70. The van der Waals surface area contributed by atoms with Gasteiger partial charge in [0, 0.05) is 23.8 Å². The van der Waals surface area contributed by atoms with Gasteiger partial charge in [0.15, 0.2) is 0 Å². The smallest absolute Gasteiger partial charge is 0.362 e. The standard InChI is InChI=1S/C22H23ClF3N3O2/c1-13(2)27-21(31)16-5-3-7-19-15(16)6-4-10-29(19)12-20(30)28-18-11-14(22(24,25)26)8-9-17(18)23/h3,5,7-9,11,13H,4,6,10,12H2,1-2H3,(H,27,31)(H,28,30). The number of hydrogen-bond donors (Lipinski definition) is 2. The summed E-state index contributed by atoms with van der Waals surface area (Å²) < 4.78 is 38.9. The summed E-state index contributed by atoms with van der Waals surface area (Å²) in [6, 6.07) is 8.13. The average molecular weight is 454 g/mol. The van der Waals surface area contributed by atoms with Gasteiger partial charge in [-0.15, -0.1) is 0 Å². The van der Waals surface area contributed by atoms with Crippen LogP contribution in [0.25, 0.3) is 0 Å². The van der Waals surface area contributed by atoms with E-state index in [0.717, 1.165) is 35.9 Å². The Labute approximate surface area is 183 Å². The van der Waals surface area contributed by atoms with Crippen molar-refractivity contribution in [2.75, 3.05) is 23.3 Å². The van der Waals surface area contributed by atoms with E-state index < -0.39 is 17.6 Å². The van der Waals surface area contributed by atoms with Crippen LogP contribution in [0.15, 0.2) is 36.4 Å². The molecule has 0 fully saturated rings. The number of hydrogen-bond acceptors (Lipinski definition) is 3. The third-order valence-corrected chi connectivity index (χ3v) is 5.24. The Morgan fingerprint density at radius 1 is 1.19 bits per heavy atom. The monoisotopic (exact) mass is 453 g/mol. The molecule has 31 heavy (non-hydrogen) atoms. The van der Waals surface area contributed by atoms with E-state index in [2.05, 4.69) is 10.6 Å². The van der Waals surface area contributed by atoms with E-state index in [0.29, 0.717) is 18.5 Å². The van der Waals surface area contributed by atoms with Gasteiger partial charge in [0.2, 0.25) is 5.91 Å². The zero-order valence-electron chi connectivity index (χ0n) is 17.1. The molecule has 0 bridgehead atoms. The van der Waals surface area contributed by atoms with Gasteiger partial charge < -0.3 is 15.5 Å². The third-order valence-electron chi connectivity index (χ3n) is 4.91. The number of carbonyl (C=O) groups is 2. The fraction of sp³-hybridized carbons (Fsp3) is 0.364. The second kappa shape index (κ2) is 9.18. The maximum atomic E-state index is 13.0. The lowest BCUT2D eigenvalue weighted by atomic mass is 9.95. The molecule has 0 atom stereocenters. The number of anilines is 2. The molecule has 0 saturated carbocycles. The van der Waals surface area contributed by atoms with Gasteiger partial charge in [0.05, 0.1) is 22.8 Å². The van der Waals surface area contributed by atoms with Crippen LogP contribution in [0, 0.1) is 0 Å². The van der Waals surface area contributed by atoms with Crippen molar-refractivity contribution in [2.24, 2.45) is 0 Å². The lowest BCUT2D eigenvalue weighted by Crippen LogP contribution is -2.38. The van der Waals surface area contributed by atoms with Crippen LogP contribution >= 0.6 is 11.6 Å². The van der Waals surface area contributed by atoms with Gasteiger partial charge in [-0.2, -0.15) is 13.2 Å². The van der Waals surface area contributed by atoms with Crippen LogP contribution in [0.1, 0.15) is 41.8 Å². The minimum absolute atomic E-state index is 0.00830. The molecule has 2 amide bonds. The van der Waals surface area contributed by atoms with Gasteiger partial charge in [-0.3, -0.25) is 9.59 Å². The average Bonchev–Trinajstić information content (AvgIpc) is 2.68. The molecule has 2 aromatic rings. The molecule has 1 aliphatic heterocycles. The van der Waals surface area contributed by atoms with E-state index in [-0.39, 0.29) is 29.2 Å². The summed E-state index contributed by atoms with van der Waals surface area (Å²) in [5.74, 6) is -0.667. The second-order valence-corrected chi connectivity index (χ2v) is 8.10. The molecule has 166 valence electrons. The number of halogens is 4. The van der Waals surface area contributed by atoms with Gasteiger partial charge in [-0.1, -0.05) is 17.7 Å². The van der Waals surface area contributed by atoms with E-state index in [1.165, 1.54) is 0 Å². The first kappa shape index (κ1) is 22.9. The zero-order chi connectivity index (χ0) is 22.8. The number of alkyl halides is 3. The van der Waals surface area contributed by atoms with Gasteiger partial charge in [-0.25, -0.2) is 0 Å². The molecule has 0 aliphatic carbocycles. The minimum Gasteiger partial charge on any atom is -0.362 e. The van der Waals surface area contributed by atoms with Crippen molar-refractivity contribution in [1.29, 1.82) is 0 Å². The van der Waals surface area contributed by atoms with E-state index in [1.807, 2.05) is 24.8 Å².